The summed E-state index contributed by atoms with van der Waals surface area (Å²) in [5.74, 6) is 0.124. The number of nitrogens with zero attached hydrogens (tertiary/aromatic N) is 1. The summed E-state index contributed by atoms with van der Waals surface area (Å²) < 4.78 is 5.34. The molecule has 0 spiro atoms. The van der Waals surface area contributed by atoms with Crippen molar-refractivity contribution < 1.29 is 14.3 Å². The molecule has 2 aliphatic rings. The quantitative estimate of drug-likeness (QED) is 0.860. The van der Waals surface area contributed by atoms with Crippen LogP contribution in [0, 0.1) is 19.8 Å². The predicted octanol–water partition coefficient (Wildman–Crippen LogP) is 3.58. The van der Waals surface area contributed by atoms with E-state index < -0.39 is 0 Å². The summed E-state index contributed by atoms with van der Waals surface area (Å²) in [5, 5.41) is 3.11. The van der Waals surface area contributed by atoms with E-state index in [-0.39, 0.29) is 17.7 Å². The lowest BCUT2D eigenvalue weighted by Crippen LogP contribution is -2.40. The van der Waals surface area contributed by atoms with Gasteiger partial charge in [0.25, 0.3) is 5.91 Å². The standard InChI is InChI=1S/C22H26N2O3S/c1-14-4-3-5-18(15(14)2)23-21(25)16-6-7-19-17(12-16)13-20(28-19)22(26)24-8-10-27-11-9-24/h3-5,13,16H,6-12H2,1-2H3,(H,23,25)/t16-/m1/s1. The molecule has 0 unspecified atom stereocenters. The summed E-state index contributed by atoms with van der Waals surface area (Å²) in [6.07, 6.45) is 2.40. The number of amides is 2. The number of thiophene rings is 1. The molecule has 1 atom stereocenters. The zero-order valence-corrected chi connectivity index (χ0v) is 17.2. The van der Waals surface area contributed by atoms with Gasteiger partial charge in [0.1, 0.15) is 0 Å². The molecule has 1 aliphatic carbocycles. The third-order valence-electron chi connectivity index (χ3n) is 5.83. The molecule has 1 fully saturated rings. The summed E-state index contributed by atoms with van der Waals surface area (Å²) >= 11 is 1.60. The Kier molecular flexibility index (Phi) is 5.51. The lowest BCUT2D eigenvalue weighted by atomic mass is 9.87. The average molecular weight is 399 g/mol. The van der Waals surface area contributed by atoms with E-state index in [1.165, 1.54) is 10.4 Å². The first-order valence-corrected chi connectivity index (χ1v) is 10.7. The summed E-state index contributed by atoms with van der Waals surface area (Å²) in [7, 11) is 0. The van der Waals surface area contributed by atoms with Gasteiger partial charge in [-0.3, -0.25) is 9.59 Å². The normalized spacial score (nSPS) is 19.2. The van der Waals surface area contributed by atoms with E-state index in [0.717, 1.165) is 34.5 Å². The van der Waals surface area contributed by atoms with E-state index in [1.54, 1.807) is 11.3 Å². The third-order valence-corrected chi connectivity index (χ3v) is 7.05. The highest BCUT2D eigenvalue weighted by Gasteiger charge is 2.29. The van der Waals surface area contributed by atoms with Crippen molar-refractivity contribution in [3.8, 4) is 0 Å². The van der Waals surface area contributed by atoms with Crippen molar-refractivity contribution in [2.24, 2.45) is 5.92 Å². The van der Waals surface area contributed by atoms with Gasteiger partial charge >= 0.3 is 0 Å². The van der Waals surface area contributed by atoms with Crippen LogP contribution in [0.1, 0.15) is 37.7 Å². The lowest BCUT2D eigenvalue weighted by molar-refractivity contribution is -0.120. The number of morpholine rings is 1. The van der Waals surface area contributed by atoms with Crippen molar-refractivity contribution in [2.75, 3.05) is 31.6 Å². The molecule has 1 saturated heterocycles. The maximum absolute atomic E-state index is 12.8. The molecule has 1 aromatic carbocycles. The Morgan fingerprint density at radius 3 is 2.79 bits per heavy atom. The Morgan fingerprint density at radius 2 is 2.00 bits per heavy atom. The second-order valence-electron chi connectivity index (χ2n) is 7.64. The molecule has 1 aliphatic heterocycles. The Bertz CT molecular complexity index is 899. The topological polar surface area (TPSA) is 58.6 Å². The number of nitrogens with one attached hydrogen (secondary N) is 1. The molecule has 1 aromatic heterocycles. The number of hydrogen-bond donors (Lipinski definition) is 1. The first-order chi connectivity index (χ1) is 13.5. The molecule has 0 bridgehead atoms. The molecular weight excluding hydrogens is 372 g/mol. The zero-order chi connectivity index (χ0) is 19.7. The average Bonchev–Trinajstić information content (AvgIpc) is 3.15. The second kappa shape index (κ2) is 8.05. The number of rotatable bonds is 3. The van der Waals surface area contributed by atoms with E-state index in [2.05, 4.69) is 18.3 Å². The maximum atomic E-state index is 12.8. The van der Waals surface area contributed by atoms with Gasteiger partial charge in [0.2, 0.25) is 5.91 Å². The molecule has 28 heavy (non-hydrogen) atoms. The second-order valence-corrected chi connectivity index (χ2v) is 8.78. The van der Waals surface area contributed by atoms with Crippen LogP contribution in [0.2, 0.25) is 0 Å². The highest BCUT2D eigenvalue weighted by atomic mass is 32.1. The highest BCUT2D eigenvalue weighted by molar-refractivity contribution is 7.14. The minimum Gasteiger partial charge on any atom is -0.378 e. The number of benzene rings is 1. The van der Waals surface area contributed by atoms with Gasteiger partial charge in [-0.1, -0.05) is 12.1 Å². The minimum absolute atomic E-state index is 0.0478. The Balaban J connectivity index is 1.44. The van der Waals surface area contributed by atoms with E-state index in [0.29, 0.717) is 32.7 Å². The number of anilines is 1. The Morgan fingerprint density at radius 1 is 1.21 bits per heavy atom. The van der Waals surface area contributed by atoms with Gasteiger partial charge in [0.05, 0.1) is 18.1 Å². The van der Waals surface area contributed by atoms with Gasteiger partial charge in [-0.15, -0.1) is 11.3 Å². The molecule has 5 nitrogen and oxygen atoms in total. The fraction of sp³-hybridized carbons (Fsp3) is 0.455. The molecule has 4 rings (SSSR count). The zero-order valence-electron chi connectivity index (χ0n) is 16.4. The van der Waals surface area contributed by atoms with Crippen molar-refractivity contribution in [2.45, 2.75) is 33.1 Å². The van der Waals surface area contributed by atoms with Crippen molar-refractivity contribution in [3.63, 3.8) is 0 Å². The van der Waals surface area contributed by atoms with E-state index in [4.69, 9.17) is 4.74 Å². The van der Waals surface area contributed by atoms with Crippen LogP contribution in [0.4, 0.5) is 5.69 Å². The number of carbonyl (C=O) groups is 2. The maximum Gasteiger partial charge on any atom is 0.264 e. The van der Waals surface area contributed by atoms with E-state index in [9.17, 15) is 9.59 Å². The van der Waals surface area contributed by atoms with Crippen molar-refractivity contribution in [3.05, 3.63) is 50.7 Å². The molecule has 6 heteroatoms. The first kappa shape index (κ1) is 19.2. The van der Waals surface area contributed by atoms with Crippen LogP contribution >= 0.6 is 11.3 Å². The summed E-state index contributed by atoms with van der Waals surface area (Å²) in [5.41, 5.74) is 4.34. The van der Waals surface area contributed by atoms with Gasteiger partial charge in [-0.05, 0) is 61.9 Å². The molecule has 148 valence electrons. The highest BCUT2D eigenvalue weighted by Crippen LogP contribution is 2.34. The van der Waals surface area contributed by atoms with Crippen LogP contribution in [0.5, 0.6) is 0 Å². The molecule has 2 heterocycles. The van der Waals surface area contributed by atoms with Crippen molar-refractivity contribution >= 4 is 28.8 Å². The predicted molar refractivity (Wildman–Crippen MR) is 111 cm³/mol. The fourth-order valence-corrected chi connectivity index (χ4v) is 5.07. The van der Waals surface area contributed by atoms with Crippen LogP contribution in [0.3, 0.4) is 0 Å². The number of ether oxygens (including phenoxy) is 1. The minimum atomic E-state index is -0.0478. The number of aryl methyl sites for hydroxylation is 2. The molecule has 0 saturated carbocycles. The SMILES string of the molecule is Cc1cccc(NC(=O)[C@@H]2CCc3sc(C(=O)N4CCOCC4)cc3C2)c1C. The van der Waals surface area contributed by atoms with Crippen molar-refractivity contribution in [1.82, 2.24) is 4.90 Å². The monoisotopic (exact) mass is 398 g/mol. The molecule has 1 N–H and O–H groups in total. The molecule has 2 amide bonds. The molecule has 2 aromatic rings. The number of carbonyl (C=O) groups excluding carboxylic acids is 2. The van der Waals surface area contributed by atoms with Crippen LogP contribution in [0.15, 0.2) is 24.3 Å². The molecule has 0 radical (unpaired) electrons. The number of fused-ring (bicyclic) bond motifs is 1. The van der Waals surface area contributed by atoms with Gasteiger partial charge < -0.3 is 15.0 Å². The van der Waals surface area contributed by atoms with E-state index in [1.807, 2.05) is 30.0 Å². The summed E-state index contributed by atoms with van der Waals surface area (Å²) in [6.45, 7) is 6.61. The smallest absolute Gasteiger partial charge is 0.264 e. The Hall–Kier alpha value is -2.18. The van der Waals surface area contributed by atoms with Crippen LogP contribution < -0.4 is 5.32 Å². The van der Waals surface area contributed by atoms with Gasteiger partial charge in [-0.25, -0.2) is 0 Å². The fourth-order valence-electron chi connectivity index (χ4n) is 3.90. The first-order valence-electron chi connectivity index (χ1n) is 9.88. The van der Waals surface area contributed by atoms with Crippen LogP contribution in [-0.4, -0.2) is 43.0 Å². The van der Waals surface area contributed by atoms with Gasteiger partial charge in [-0.2, -0.15) is 0 Å². The van der Waals surface area contributed by atoms with Crippen molar-refractivity contribution in [1.29, 1.82) is 0 Å². The summed E-state index contributed by atoms with van der Waals surface area (Å²) in [6, 6.07) is 7.99. The van der Waals surface area contributed by atoms with Gasteiger partial charge in [0.15, 0.2) is 0 Å². The summed E-state index contributed by atoms with van der Waals surface area (Å²) in [4.78, 5) is 29.5. The largest absolute Gasteiger partial charge is 0.378 e. The number of hydrogen-bond acceptors (Lipinski definition) is 4. The van der Waals surface area contributed by atoms with Crippen LogP contribution in [-0.2, 0) is 22.4 Å². The van der Waals surface area contributed by atoms with E-state index >= 15 is 0 Å². The molecular formula is C22H26N2O3S. The van der Waals surface area contributed by atoms with Crippen LogP contribution in [0.25, 0.3) is 0 Å². The third kappa shape index (κ3) is 3.84. The lowest BCUT2D eigenvalue weighted by Gasteiger charge is -2.26. The van der Waals surface area contributed by atoms with Gasteiger partial charge in [0, 0.05) is 29.6 Å². The Labute approximate surface area is 169 Å².